The van der Waals surface area contributed by atoms with Crippen LogP contribution in [0.1, 0.15) is 39.0 Å². The molecule has 0 unspecified atom stereocenters. The van der Waals surface area contributed by atoms with Crippen LogP contribution in [0, 0.1) is 0 Å². The molecule has 0 aromatic carbocycles. The molecule has 0 aromatic rings. The fraction of sp³-hybridized carbons (Fsp3) is 0.714. The van der Waals surface area contributed by atoms with Crippen molar-refractivity contribution in [2.24, 2.45) is 0 Å². The molecule has 0 aliphatic carbocycles. The Hall–Kier alpha value is -1.80. The number of amides is 2. The van der Waals surface area contributed by atoms with E-state index in [1.54, 1.807) is 6.92 Å². The highest BCUT2D eigenvalue weighted by molar-refractivity contribution is 6.01. The average molecular weight is 315 g/mol. The molecule has 0 saturated carbocycles. The summed E-state index contributed by atoms with van der Waals surface area (Å²) in [6, 6.07) is 0. The Morgan fingerprint density at radius 1 is 0.955 bits per heavy atom. The third-order valence-electron chi connectivity index (χ3n) is 2.94. The van der Waals surface area contributed by atoms with Gasteiger partial charge in [-0.05, 0) is 0 Å². The van der Waals surface area contributed by atoms with E-state index < -0.39 is 17.8 Å². The second-order valence-corrected chi connectivity index (χ2v) is 4.66. The molecule has 0 bridgehead atoms. The van der Waals surface area contributed by atoms with Gasteiger partial charge in [-0.2, -0.15) is 0 Å². The van der Waals surface area contributed by atoms with Gasteiger partial charge in [-0.1, -0.05) is 6.92 Å². The first-order chi connectivity index (χ1) is 10.5. The van der Waals surface area contributed by atoms with Gasteiger partial charge in [0, 0.05) is 25.7 Å². The summed E-state index contributed by atoms with van der Waals surface area (Å²) < 4.78 is 10.3. The lowest BCUT2D eigenvalue weighted by molar-refractivity contribution is -0.198. The van der Waals surface area contributed by atoms with Gasteiger partial charge in [0.25, 0.3) is 11.8 Å². The van der Waals surface area contributed by atoms with Crippen molar-refractivity contribution in [2.75, 3.05) is 26.4 Å². The van der Waals surface area contributed by atoms with Gasteiger partial charge < -0.3 is 14.3 Å². The Balaban J connectivity index is 1.98. The van der Waals surface area contributed by atoms with E-state index in [2.05, 4.69) is 4.84 Å². The lowest BCUT2D eigenvalue weighted by Gasteiger charge is -2.12. The Morgan fingerprint density at radius 2 is 1.50 bits per heavy atom. The number of imide groups is 1. The fourth-order valence-corrected chi connectivity index (χ4v) is 1.65. The van der Waals surface area contributed by atoms with Crippen molar-refractivity contribution in [1.29, 1.82) is 0 Å². The number of nitrogens with zero attached hydrogens (tertiary/aromatic N) is 1. The van der Waals surface area contributed by atoms with Crippen molar-refractivity contribution < 1.29 is 33.5 Å². The molecule has 8 nitrogen and oxygen atoms in total. The molecule has 0 radical (unpaired) electrons. The standard InChI is InChI=1S/C14H21NO7/c1-2-11(16)5-7-20-9-10-21-8-6-14(19)22-15-12(17)3-4-13(15)18/h2-10H2,1H3. The van der Waals surface area contributed by atoms with Gasteiger partial charge in [-0.3, -0.25) is 14.4 Å². The molecule has 0 spiro atoms. The summed E-state index contributed by atoms with van der Waals surface area (Å²) in [5.74, 6) is -1.56. The molecule has 1 rings (SSSR count). The van der Waals surface area contributed by atoms with E-state index in [-0.39, 0.29) is 38.3 Å². The number of Topliss-reactive ketones (excluding diaryl/α,β-unsaturated/α-hetero) is 1. The van der Waals surface area contributed by atoms with Crippen molar-refractivity contribution in [2.45, 2.75) is 39.0 Å². The van der Waals surface area contributed by atoms with Crippen molar-refractivity contribution in [3.63, 3.8) is 0 Å². The molecule has 0 aromatic heterocycles. The van der Waals surface area contributed by atoms with E-state index in [9.17, 15) is 19.2 Å². The minimum absolute atomic E-state index is 0.0641. The molecule has 22 heavy (non-hydrogen) atoms. The highest BCUT2D eigenvalue weighted by atomic mass is 16.7. The number of hydroxylamine groups is 2. The van der Waals surface area contributed by atoms with E-state index in [1.165, 1.54) is 0 Å². The number of carbonyl (C=O) groups excluding carboxylic acids is 4. The third-order valence-corrected chi connectivity index (χ3v) is 2.94. The largest absolute Gasteiger partial charge is 0.379 e. The van der Waals surface area contributed by atoms with Crippen molar-refractivity contribution in [3.05, 3.63) is 0 Å². The summed E-state index contributed by atoms with van der Waals surface area (Å²) in [5, 5.41) is 0.510. The van der Waals surface area contributed by atoms with Crippen LogP contribution in [0.25, 0.3) is 0 Å². The van der Waals surface area contributed by atoms with E-state index >= 15 is 0 Å². The van der Waals surface area contributed by atoms with Crippen LogP contribution >= 0.6 is 0 Å². The van der Waals surface area contributed by atoms with Crippen molar-refractivity contribution in [3.8, 4) is 0 Å². The zero-order chi connectivity index (χ0) is 16.4. The minimum Gasteiger partial charge on any atom is -0.379 e. The summed E-state index contributed by atoms with van der Waals surface area (Å²) in [5.41, 5.74) is 0. The van der Waals surface area contributed by atoms with Crippen LogP contribution in [0.2, 0.25) is 0 Å². The van der Waals surface area contributed by atoms with Crippen LogP contribution in [0.3, 0.4) is 0 Å². The smallest absolute Gasteiger partial charge is 0.335 e. The van der Waals surface area contributed by atoms with Crippen LogP contribution in [0.15, 0.2) is 0 Å². The summed E-state index contributed by atoms with van der Waals surface area (Å²) in [6.45, 7) is 2.88. The molecular formula is C14H21NO7. The van der Waals surface area contributed by atoms with Gasteiger partial charge in [0.15, 0.2) is 0 Å². The number of ether oxygens (including phenoxy) is 2. The van der Waals surface area contributed by atoms with Gasteiger partial charge in [-0.15, -0.1) is 5.06 Å². The quantitative estimate of drug-likeness (QED) is 0.401. The summed E-state index contributed by atoms with van der Waals surface area (Å²) in [4.78, 5) is 49.5. The van der Waals surface area contributed by atoms with Gasteiger partial charge in [-0.25, -0.2) is 4.79 Å². The Bertz CT molecular complexity index is 405. The first kappa shape index (κ1) is 18.2. The number of carbonyl (C=O) groups is 4. The maximum Gasteiger partial charge on any atom is 0.335 e. The zero-order valence-electron chi connectivity index (χ0n) is 12.7. The van der Waals surface area contributed by atoms with Crippen LogP contribution in [0.5, 0.6) is 0 Å². The fourth-order valence-electron chi connectivity index (χ4n) is 1.65. The lowest BCUT2D eigenvalue weighted by atomic mass is 10.2. The van der Waals surface area contributed by atoms with Gasteiger partial charge in [0.05, 0.1) is 32.8 Å². The molecule has 8 heteroatoms. The molecule has 1 heterocycles. The first-order valence-corrected chi connectivity index (χ1v) is 7.28. The zero-order valence-corrected chi connectivity index (χ0v) is 12.7. The topological polar surface area (TPSA) is 99.2 Å². The number of hydrogen-bond donors (Lipinski definition) is 0. The molecule has 124 valence electrons. The number of rotatable bonds is 11. The molecule has 0 N–H and O–H groups in total. The van der Waals surface area contributed by atoms with Crippen molar-refractivity contribution >= 4 is 23.6 Å². The molecule has 1 aliphatic heterocycles. The van der Waals surface area contributed by atoms with E-state index in [0.29, 0.717) is 31.1 Å². The maximum atomic E-state index is 11.4. The van der Waals surface area contributed by atoms with E-state index in [0.717, 1.165) is 0 Å². The summed E-state index contributed by atoms with van der Waals surface area (Å²) in [7, 11) is 0. The maximum absolute atomic E-state index is 11.4. The summed E-state index contributed by atoms with van der Waals surface area (Å²) >= 11 is 0. The van der Waals surface area contributed by atoms with Crippen LogP contribution in [0.4, 0.5) is 0 Å². The van der Waals surface area contributed by atoms with Crippen molar-refractivity contribution in [1.82, 2.24) is 5.06 Å². The lowest BCUT2D eigenvalue weighted by Crippen LogP contribution is -2.32. The molecule has 1 aliphatic rings. The molecule has 2 amide bonds. The number of ketones is 1. The normalized spacial score (nSPS) is 14.5. The Labute approximate surface area is 128 Å². The predicted octanol–water partition coefficient (Wildman–Crippen LogP) is 0.386. The molecule has 1 fully saturated rings. The second kappa shape index (κ2) is 10.0. The first-order valence-electron chi connectivity index (χ1n) is 7.28. The van der Waals surface area contributed by atoms with Gasteiger partial charge >= 0.3 is 5.97 Å². The highest BCUT2D eigenvalue weighted by Gasteiger charge is 2.32. The third kappa shape index (κ3) is 6.77. The van der Waals surface area contributed by atoms with Gasteiger partial charge in [0.1, 0.15) is 5.78 Å². The highest BCUT2D eigenvalue weighted by Crippen LogP contribution is 2.12. The Kier molecular flexibility index (Phi) is 8.31. The second-order valence-electron chi connectivity index (χ2n) is 4.66. The number of hydrogen-bond acceptors (Lipinski definition) is 7. The molecular weight excluding hydrogens is 294 g/mol. The van der Waals surface area contributed by atoms with E-state index in [1.807, 2.05) is 0 Å². The van der Waals surface area contributed by atoms with Crippen LogP contribution in [-0.2, 0) is 33.5 Å². The van der Waals surface area contributed by atoms with Gasteiger partial charge in [0.2, 0.25) is 0 Å². The minimum atomic E-state index is -0.696. The molecule has 0 atom stereocenters. The monoisotopic (exact) mass is 315 g/mol. The van der Waals surface area contributed by atoms with Crippen LogP contribution < -0.4 is 0 Å². The predicted molar refractivity (Wildman–Crippen MR) is 73.3 cm³/mol. The van der Waals surface area contributed by atoms with Crippen LogP contribution in [-0.4, -0.2) is 55.1 Å². The molecule has 1 saturated heterocycles. The SMILES string of the molecule is CCC(=O)CCOCCOCCC(=O)ON1C(=O)CCC1=O. The van der Waals surface area contributed by atoms with E-state index in [4.69, 9.17) is 9.47 Å². The Morgan fingerprint density at radius 3 is 2.05 bits per heavy atom. The average Bonchev–Trinajstić information content (AvgIpc) is 2.81. The summed E-state index contributed by atoms with van der Waals surface area (Å²) in [6.07, 6.45) is 0.969.